The SMILES string of the molecule is Cc1ccc(-c2nc3c(s2)C(N)CCC3)nc1. The Kier molecular flexibility index (Phi) is 2.68. The Bertz CT molecular complexity index is 530. The number of nitrogens with zero attached hydrogens (tertiary/aromatic N) is 2. The van der Waals surface area contributed by atoms with Gasteiger partial charge in [-0.25, -0.2) is 4.98 Å². The molecule has 88 valence electrons. The lowest BCUT2D eigenvalue weighted by Crippen LogP contribution is -2.15. The fourth-order valence-electron chi connectivity index (χ4n) is 2.16. The maximum atomic E-state index is 6.11. The van der Waals surface area contributed by atoms with Crippen LogP contribution in [0.25, 0.3) is 10.7 Å². The first-order chi connectivity index (χ1) is 8.24. The van der Waals surface area contributed by atoms with Crippen LogP contribution in [0.15, 0.2) is 18.3 Å². The number of nitrogens with two attached hydrogens (primary N) is 1. The van der Waals surface area contributed by atoms with E-state index < -0.39 is 0 Å². The Morgan fingerprint density at radius 3 is 3.00 bits per heavy atom. The largest absolute Gasteiger partial charge is 0.323 e. The van der Waals surface area contributed by atoms with Crippen LogP contribution < -0.4 is 5.73 Å². The molecule has 1 atom stereocenters. The number of aromatic nitrogens is 2. The summed E-state index contributed by atoms with van der Waals surface area (Å²) in [5.41, 5.74) is 9.43. The predicted molar refractivity (Wildman–Crippen MR) is 69.9 cm³/mol. The molecule has 0 amide bonds. The molecule has 1 aliphatic rings. The van der Waals surface area contributed by atoms with Gasteiger partial charge in [0.15, 0.2) is 0 Å². The van der Waals surface area contributed by atoms with Gasteiger partial charge >= 0.3 is 0 Å². The van der Waals surface area contributed by atoms with Gasteiger partial charge in [0.2, 0.25) is 0 Å². The molecule has 0 bridgehead atoms. The molecule has 1 aliphatic carbocycles. The summed E-state index contributed by atoms with van der Waals surface area (Å²) in [7, 11) is 0. The van der Waals surface area contributed by atoms with E-state index in [4.69, 9.17) is 5.73 Å². The van der Waals surface area contributed by atoms with E-state index in [-0.39, 0.29) is 6.04 Å². The minimum absolute atomic E-state index is 0.176. The molecule has 0 radical (unpaired) electrons. The third-order valence-electron chi connectivity index (χ3n) is 3.12. The summed E-state index contributed by atoms with van der Waals surface area (Å²) < 4.78 is 0. The highest BCUT2D eigenvalue weighted by molar-refractivity contribution is 7.15. The van der Waals surface area contributed by atoms with Crippen molar-refractivity contribution in [3.05, 3.63) is 34.5 Å². The Morgan fingerprint density at radius 2 is 2.29 bits per heavy atom. The molecule has 17 heavy (non-hydrogen) atoms. The number of hydrogen-bond donors (Lipinski definition) is 1. The van der Waals surface area contributed by atoms with Crippen molar-refractivity contribution in [2.24, 2.45) is 5.73 Å². The molecule has 1 unspecified atom stereocenters. The summed E-state index contributed by atoms with van der Waals surface area (Å²) in [6.07, 6.45) is 5.18. The first-order valence-electron chi connectivity index (χ1n) is 5.92. The van der Waals surface area contributed by atoms with E-state index in [2.05, 4.69) is 16.0 Å². The molecule has 0 spiro atoms. The van der Waals surface area contributed by atoms with Gasteiger partial charge < -0.3 is 5.73 Å². The third-order valence-corrected chi connectivity index (χ3v) is 4.38. The molecule has 2 aromatic heterocycles. The van der Waals surface area contributed by atoms with Crippen molar-refractivity contribution >= 4 is 11.3 Å². The Morgan fingerprint density at radius 1 is 1.41 bits per heavy atom. The fraction of sp³-hybridized carbons (Fsp3) is 0.385. The van der Waals surface area contributed by atoms with E-state index in [1.807, 2.05) is 19.2 Å². The number of fused-ring (bicyclic) bond motifs is 1. The van der Waals surface area contributed by atoms with E-state index in [0.29, 0.717) is 0 Å². The number of thiazole rings is 1. The van der Waals surface area contributed by atoms with Crippen molar-refractivity contribution < 1.29 is 0 Å². The fourth-order valence-corrected chi connectivity index (χ4v) is 3.28. The second-order valence-corrected chi connectivity index (χ2v) is 5.58. The molecule has 0 fully saturated rings. The number of aryl methyl sites for hydroxylation is 2. The number of hydrogen-bond acceptors (Lipinski definition) is 4. The molecule has 0 saturated carbocycles. The standard InChI is InChI=1S/C13H15N3S/c1-8-5-6-11(15-7-8)13-16-10-4-2-3-9(14)12(10)17-13/h5-7,9H,2-4,14H2,1H3. The monoisotopic (exact) mass is 245 g/mol. The smallest absolute Gasteiger partial charge is 0.142 e. The van der Waals surface area contributed by atoms with Crippen LogP contribution in [0.1, 0.15) is 35.0 Å². The van der Waals surface area contributed by atoms with E-state index in [1.54, 1.807) is 11.3 Å². The molecule has 0 aromatic carbocycles. The van der Waals surface area contributed by atoms with Crippen molar-refractivity contribution in [1.82, 2.24) is 9.97 Å². The molecule has 2 aromatic rings. The molecule has 0 aliphatic heterocycles. The van der Waals surface area contributed by atoms with Crippen LogP contribution in [0.5, 0.6) is 0 Å². The Balaban J connectivity index is 2.02. The van der Waals surface area contributed by atoms with Crippen molar-refractivity contribution in [1.29, 1.82) is 0 Å². The lowest BCUT2D eigenvalue weighted by molar-refractivity contribution is 0.573. The van der Waals surface area contributed by atoms with Gasteiger partial charge in [-0.15, -0.1) is 11.3 Å². The molecule has 4 heteroatoms. The minimum Gasteiger partial charge on any atom is -0.323 e. The second-order valence-electron chi connectivity index (χ2n) is 4.55. The Hall–Kier alpha value is -1.26. The number of pyridine rings is 1. The van der Waals surface area contributed by atoms with Crippen LogP contribution in [-0.4, -0.2) is 9.97 Å². The first-order valence-corrected chi connectivity index (χ1v) is 6.74. The third kappa shape index (κ3) is 1.98. The quantitative estimate of drug-likeness (QED) is 0.840. The zero-order valence-corrected chi connectivity index (χ0v) is 10.6. The highest BCUT2D eigenvalue weighted by atomic mass is 32.1. The maximum Gasteiger partial charge on any atom is 0.142 e. The van der Waals surface area contributed by atoms with Gasteiger partial charge in [0.1, 0.15) is 5.01 Å². The van der Waals surface area contributed by atoms with Gasteiger partial charge in [-0.1, -0.05) is 6.07 Å². The lowest BCUT2D eigenvalue weighted by Gasteiger charge is -2.15. The van der Waals surface area contributed by atoms with E-state index in [0.717, 1.165) is 30.0 Å². The molecular weight excluding hydrogens is 230 g/mol. The molecule has 0 saturated heterocycles. The molecule has 3 rings (SSSR count). The average molecular weight is 245 g/mol. The van der Waals surface area contributed by atoms with Gasteiger partial charge in [-0.2, -0.15) is 0 Å². The summed E-state index contributed by atoms with van der Waals surface area (Å²) in [6, 6.07) is 4.28. The van der Waals surface area contributed by atoms with Gasteiger partial charge in [-0.05, 0) is 37.8 Å². The van der Waals surface area contributed by atoms with Crippen LogP contribution in [0.3, 0.4) is 0 Å². The highest BCUT2D eigenvalue weighted by Gasteiger charge is 2.22. The zero-order chi connectivity index (χ0) is 11.8. The highest BCUT2D eigenvalue weighted by Crippen LogP contribution is 2.36. The average Bonchev–Trinajstić information content (AvgIpc) is 2.75. The first kappa shape index (κ1) is 10.9. The van der Waals surface area contributed by atoms with Crippen LogP contribution >= 0.6 is 11.3 Å². The van der Waals surface area contributed by atoms with Crippen LogP contribution in [0, 0.1) is 6.92 Å². The van der Waals surface area contributed by atoms with Gasteiger partial charge in [-0.3, -0.25) is 4.98 Å². The molecule has 2 N–H and O–H groups in total. The van der Waals surface area contributed by atoms with Crippen molar-refractivity contribution in [3.8, 4) is 10.7 Å². The van der Waals surface area contributed by atoms with E-state index in [1.165, 1.54) is 16.1 Å². The Labute approximate surface area is 105 Å². The van der Waals surface area contributed by atoms with Crippen molar-refractivity contribution in [2.45, 2.75) is 32.2 Å². The molecular formula is C13H15N3S. The predicted octanol–water partition coefficient (Wildman–Crippen LogP) is 2.85. The summed E-state index contributed by atoms with van der Waals surface area (Å²) in [6.45, 7) is 2.04. The zero-order valence-electron chi connectivity index (χ0n) is 9.81. The molecule has 3 nitrogen and oxygen atoms in total. The van der Waals surface area contributed by atoms with Crippen LogP contribution in [0.4, 0.5) is 0 Å². The van der Waals surface area contributed by atoms with Gasteiger partial charge in [0.25, 0.3) is 0 Å². The van der Waals surface area contributed by atoms with Crippen LogP contribution in [-0.2, 0) is 6.42 Å². The van der Waals surface area contributed by atoms with Crippen LogP contribution in [0.2, 0.25) is 0 Å². The maximum absolute atomic E-state index is 6.11. The second kappa shape index (κ2) is 4.20. The number of rotatable bonds is 1. The summed E-state index contributed by atoms with van der Waals surface area (Å²) in [5.74, 6) is 0. The van der Waals surface area contributed by atoms with Crippen molar-refractivity contribution in [3.63, 3.8) is 0 Å². The topological polar surface area (TPSA) is 51.8 Å². The minimum atomic E-state index is 0.176. The summed E-state index contributed by atoms with van der Waals surface area (Å²) in [5, 5.41) is 1.01. The molecule has 2 heterocycles. The summed E-state index contributed by atoms with van der Waals surface area (Å²) in [4.78, 5) is 10.4. The summed E-state index contributed by atoms with van der Waals surface area (Å²) >= 11 is 1.70. The van der Waals surface area contributed by atoms with E-state index in [9.17, 15) is 0 Å². The van der Waals surface area contributed by atoms with Gasteiger partial charge in [0.05, 0.1) is 11.4 Å². The van der Waals surface area contributed by atoms with E-state index >= 15 is 0 Å². The lowest BCUT2D eigenvalue weighted by atomic mass is 9.99. The van der Waals surface area contributed by atoms with Crippen molar-refractivity contribution in [2.75, 3.05) is 0 Å². The van der Waals surface area contributed by atoms with Gasteiger partial charge in [0, 0.05) is 17.1 Å². The normalized spacial score (nSPS) is 19.1.